The molecular formula is C23H22N4O3S2. The highest BCUT2D eigenvalue weighted by atomic mass is 32.2. The van der Waals surface area contributed by atoms with E-state index >= 15 is 0 Å². The van der Waals surface area contributed by atoms with Gasteiger partial charge in [-0.05, 0) is 47.7 Å². The van der Waals surface area contributed by atoms with Gasteiger partial charge in [-0.3, -0.25) is 9.52 Å². The highest BCUT2D eigenvalue weighted by Gasteiger charge is 2.18. The van der Waals surface area contributed by atoms with Crippen LogP contribution >= 0.6 is 11.3 Å². The van der Waals surface area contributed by atoms with Crippen LogP contribution in [0.25, 0.3) is 11.3 Å². The molecule has 0 saturated carbocycles. The molecule has 0 saturated heterocycles. The molecule has 9 heteroatoms. The molecule has 3 N–H and O–H groups in total. The summed E-state index contributed by atoms with van der Waals surface area (Å²) in [5, 5.41) is 4.69. The number of benzene rings is 2. The van der Waals surface area contributed by atoms with Crippen molar-refractivity contribution in [2.75, 3.05) is 4.72 Å². The molecular weight excluding hydrogens is 444 g/mol. The summed E-state index contributed by atoms with van der Waals surface area (Å²) in [5.41, 5.74) is 2.72. The minimum atomic E-state index is -3.63. The normalized spacial score (nSPS) is 12.3. The van der Waals surface area contributed by atoms with E-state index in [9.17, 15) is 13.2 Å². The van der Waals surface area contributed by atoms with Crippen LogP contribution in [0, 0.1) is 0 Å². The number of hydrogen-bond acceptors (Lipinski definition) is 5. The Bertz CT molecular complexity index is 1280. The third-order valence-electron chi connectivity index (χ3n) is 4.88. The Morgan fingerprint density at radius 3 is 2.47 bits per heavy atom. The first-order valence-electron chi connectivity index (χ1n) is 10.0. The summed E-state index contributed by atoms with van der Waals surface area (Å²) in [5.74, 6) is 0.419. The van der Waals surface area contributed by atoms with Gasteiger partial charge in [0.2, 0.25) is 0 Å². The minimum absolute atomic E-state index is 0.235. The van der Waals surface area contributed by atoms with Crippen molar-refractivity contribution in [2.24, 2.45) is 0 Å². The molecule has 4 aromatic rings. The number of carbonyl (C=O) groups is 1. The quantitative estimate of drug-likeness (QED) is 0.346. The fraction of sp³-hybridized carbons (Fsp3) is 0.130. The summed E-state index contributed by atoms with van der Waals surface area (Å²) < 4.78 is 27.4. The zero-order valence-corrected chi connectivity index (χ0v) is 18.9. The third-order valence-corrected chi connectivity index (χ3v) is 7.66. The fourth-order valence-corrected chi connectivity index (χ4v) is 5.25. The van der Waals surface area contributed by atoms with Crippen molar-refractivity contribution in [1.29, 1.82) is 0 Å². The Kier molecular flexibility index (Phi) is 6.38. The number of rotatable bonds is 8. The number of aromatic amines is 1. The standard InChI is InChI=1S/C23H22N4O3S2/c1-2-19(22-24-15-20(25-22)16-7-4-3-5-8-16)26-23(28)17-10-12-18(13-11-17)27-32(29,30)21-9-6-14-31-21/h3-15,19,27H,2H2,1H3,(H,24,25)(H,26,28). The minimum Gasteiger partial charge on any atom is -0.342 e. The third kappa shape index (κ3) is 4.90. The molecule has 2 heterocycles. The van der Waals surface area contributed by atoms with Crippen LogP contribution in [0.4, 0.5) is 5.69 Å². The number of anilines is 1. The summed E-state index contributed by atoms with van der Waals surface area (Å²) >= 11 is 1.14. The van der Waals surface area contributed by atoms with Crippen LogP contribution in [0.1, 0.15) is 35.6 Å². The van der Waals surface area contributed by atoms with E-state index in [1.807, 2.05) is 37.3 Å². The largest absolute Gasteiger partial charge is 0.342 e. The number of sulfonamides is 1. The highest BCUT2D eigenvalue weighted by Crippen LogP contribution is 2.22. The second-order valence-corrected chi connectivity index (χ2v) is 9.95. The van der Waals surface area contributed by atoms with Gasteiger partial charge in [0.1, 0.15) is 10.0 Å². The second kappa shape index (κ2) is 9.37. The lowest BCUT2D eigenvalue weighted by Gasteiger charge is -2.15. The molecule has 2 aromatic heterocycles. The lowest BCUT2D eigenvalue weighted by Crippen LogP contribution is -2.28. The van der Waals surface area contributed by atoms with E-state index in [0.717, 1.165) is 22.6 Å². The zero-order valence-electron chi connectivity index (χ0n) is 17.3. The van der Waals surface area contributed by atoms with Crippen molar-refractivity contribution < 1.29 is 13.2 Å². The van der Waals surface area contributed by atoms with Gasteiger partial charge in [0.15, 0.2) is 0 Å². The van der Waals surface area contributed by atoms with Crippen LogP contribution in [-0.2, 0) is 10.0 Å². The Morgan fingerprint density at radius 1 is 1.06 bits per heavy atom. The number of H-pyrrole nitrogens is 1. The molecule has 1 atom stereocenters. The number of nitrogens with zero attached hydrogens (tertiary/aromatic N) is 1. The van der Waals surface area contributed by atoms with Crippen molar-refractivity contribution in [2.45, 2.75) is 23.6 Å². The predicted molar refractivity (Wildman–Crippen MR) is 126 cm³/mol. The number of amides is 1. The molecule has 32 heavy (non-hydrogen) atoms. The average Bonchev–Trinajstić information content (AvgIpc) is 3.51. The van der Waals surface area contributed by atoms with E-state index in [0.29, 0.717) is 23.5 Å². The smallest absolute Gasteiger partial charge is 0.271 e. The Hall–Kier alpha value is -3.43. The fourth-order valence-electron chi connectivity index (χ4n) is 3.19. The van der Waals surface area contributed by atoms with Crippen molar-refractivity contribution in [3.8, 4) is 11.3 Å². The van der Waals surface area contributed by atoms with Gasteiger partial charge in [-0.1, -0.05) is 43.3 Å². The summed E-state index contributed by atoms with van der Waals surface area (Å²) in [6, 6.07) is 19.1. The summed E-state index contributed by atoms with van der Waals surface area (Å²) in [6.07, 6.45) is 2.42. The summed E-state index contributed by atoms with van der Waals surface area (Å²) in [7, 11) is -3.63. The molecule has 0 aliphatic rings. The molecule has 0 radical (unpaired) electrons. The monoisotopic (exact) mass is 466 g/mol. The second-order valence-electron chi connectivity index (χ2n) is 7.10. The number of aromatic nitrogens is 2. The van der Waals surface area contributed by atoms with Crippen LogP contribution in [-0.4, -0.2) is 24.3 Å². The van der Waals surface area contributed by atoms with Gasteiger partial charge in [-0.25, -0.2) is 13.4 Å². The van der Waals surface area contributed by atoms with Crippen LogP contribution in [0.15, 0.2) is 82.5 Å². The number of thiophene rings is 1. The maximum atomic E-state index is 12.8. The average molecular weight is 467 g/mol. The van der Waals surface area contributed by atoms with Crippen molar-refractivity contribution in [3.05, 3.63) is 89.7 Å². The molecule has 0 spiro atoms. The van der Waals surface area contributed by atoms with Crippen LogP contribution in [0.2, 0.25) is 0 Å². The molecule has 0 bridgehead atoms. The summed E-state index contributed by atoms with van der Waals surface area (Å²) in [4.78, 5) is 20.5. The molecule has 0 aliphatic heterocycles. The van der Waals surface area contributed by atoms with Gasteiger partial charge < -0.3 is 10.3 Å². The number of nitrogens with one attached hydrogen (secondary N) is 3. The van der Waals surface area contributed by atoms with E-state index in [1.165, 1.54) is 6.07 Å². The van der Waals surface area contributed by atoms with Crippen molar-refractivity contribution in [1.82, 2.24) is 15.3 Å². The van der Waals surface area contributed by atoms with Crippen molar-refractivity contribution in [3.63, 3.8) is 0 Å². The first-order valence-corrected chi connectivity index (χ1v) is 12.4. The lowest BCUT2D eigenvalue weighted by atomic mass is 10.1. The number of carbonyl (C=O) groups excluding carboxylic acids is 1. The van der Waals surface area contributed by atoms with E-state index in [-0.39, 0.29) is 16.2 Å². The first kappa shape index (κ1) is 21.8. The predicted octanol–water partition coefficient (Wildman–Crippen LogP) is 4.82. The Morgan fingerprint density at radius 2 is 1.81 bits per heavy atom. The van der Waals surface area contributed by atoms with Gasteiger partial charge in [-0.2, -0.15) is 0 Å². The molecule has 7 nitrogen and oxygen atoms in total. The number of imidazole rings is 1. The molecule has 2 aromatic carbocycles. The first-order chi connectivity index (χ1) is 15.5. The van der Waals surface area contributed by atoms with Crippen LogP contribution < -0.4 is 10.0 Å². The maximum absolute atomic E-state index is 12.8. The topological polar surface area (TPSA) is 104 Å². The zero-order chi connectivity index (χ0) is 22.6. The molecule has 1 amide bonds. The van der Waals surface area contributed by atoms with E-state index in [1.54, 1.807) is 41.9 Å². The van der Waals surface area contributed by atoms with E-state index in [4.69, 9.17) is 0 Å². The van der Waals surface area contributed by atoms with E-state index in [2.05, 4.69) is 20.0 Å². The van der Waals surface area contributed by atoms with Gasteiger partial charge >= 0.3 is 0 Å². The van der Waals surface area contributed by atoms with Gasteiger partial charge in [-0.15, -0.1) is 11.3 Å². The Labute approximate surface area is 190 Å². The van der Waals surface area contributed by atoms with Crippen LogP contribution in [0.3, 0.4) is 0 Å². The highest BCUT2D eigenvalue weighted by molar-refractivity contribution is 7.94. The van der Waals surface area contributed by atoms with Gasteiger partial charge in [0.05, 0.1) is 17.9 Å². The molecule has 0 aliphatic carbocycles. The molecule has 4 rings (SSSR count). The van der Waals surface area contributed by atoms with E-state index < -0.39 is 10.0 Å². The number of hydrogen-bond donors (Lipinski definition) is 3. The molecule has 0 fully saturated rings. The Balaban J connectivity index is 1.43. The molecule has 164 valence electrons. The van der Waals surface area contributed by atoms with Crippen LogP contribution in [0.5, 0.6) is 0 Å². The lowest BCUT2D eigenvalue weighted by molar-refractivity contribution is 0.0934. The van der Waals surface area contributed by atoms with Crippen molar-refractivity contribution >= 4 is 33.0 Å². The van der Waals surface area contributed by atoms with Gasteiger partial charge in [0.25, 0.3) is 15.9 Å². The van der Waals surface area contributed by atoms with Gasteiger partial charge in [0, 0.05) is 11.3 Å². The SMILES string of the molecule is CCC(NC(=O)c1ccc(NS(=O)(=O)c2cccs2)cc1)c1ncc(-c2ccccc2)[nH]1. The summed E-state index contributed by atoms with van der Waals surface area (Å²) in [6.45, 7) is 1.97. The maximum Gasteiger partial charge on any atom is 0.271 e. The molecule has 1 unspecified atom stereocenters.